The predicted molar refractivity (Wildman–Crippen MR) is 83.9 cm³/mol. The maximum atomic E-state index is 12.0. The first-order chi connectivity index (χ1) is 10.8. The molecule has 1 aromatic rings. The highest BCUT2D eigenvalue weighted by Gasteiger charge is 2.25. The summed E-state index contributed by atoms with van der Waals surface area (Å²) in [6, 6.07) is 9.86. The molecule has 120 valence electrons. The Hall–Kier alpha value is -1.59. The fourth-order valence-electron chi connectivity index (χ4n) is 3.02. The van der Waals surface area contributed by atoms with E-state index < -0.39 is 0 Å². The summed E-state index contributed by atoms with van der Waals surface area (Å²) < 4.78 is 11.4. The van der Waals surface area contributed by atoms with E-state index in [9.17, 15) is 4.79 Å². The molecule has 2 aliphatic rings. The van der Waals surface area contributed by atoms with Gasteiger partial charge in [-0.1, -0.05) is 18.2 Å². The Balaban J connectivity index is 1.36. The lowest BCUT2D eigenvalue weighted by Gasteiger charge is -2.17. The van der Waals surface area contributed by atoms with Gasteiger partial charge in [0.1, 0.15) is 11.9 Å². The molecule has 22 heavy (non-hydrogen) atoms. The Morgan fingerprint density at radius 1 is 1.32 bits per heavy atom. The smallest absolute Gasteiger partial charge is 0.234 e. The third-order valence-corrected chi connectivity index (χ3v) is 4.19. The minimum atomic E-state index is 0.0795. The summed E-state index contributed by atoms with van der Waals surface area (Å²) in [6.45, 7) is 3.62. The van der Waals surface area contributed by atoms with Gasteiger partial charge in [0.25, 0.3) is 0 Å². The monoisotopic (exact) mass is 304 g/mol. The zero-order chi connectivity index (χ0) is 15.2. The third kappa shape index (κ3) is 4.45. The van der Waals surface area contributed by atoms with Crippen molar-refractivity contribution in [2.75, 3.05) is 32.8 Å². The lowest BCUT2D eigenvalue weighted by Crippen LogP contribution is -2.39. The number of nitrogens with one attached hydrogen (secondary N) is 1. The second-order valence-corrected chi connectivity index (χ2v) is 6.02. The van der Waals surface area contributed by atoms with E-state index in [1.807, 2.05) is 30.3 Å². The molecule has 1 amide bonds. The minimum absolute atomic E-state index is 0.0795. The van der Waals surface area contributed by atoms with Crippen LogP contribution in [-0.4, -0.2) is 55.8 Å². The van der Waals surface area contributed by atoms with Crippen LogP contribution < -0.4 is 10.1 Å². The van der Waals surface area contributed by atoms with Crippen molar-refractivity contribution in [2.45, 2.75) is 31.5 Å². The second kappa shape index (κ2) is 7.61. The molecule has 5 heteroatoms. The zero-order valence-corrected chi connectivity index (χ0v) is 12.9. The number of para-hydroxylation sites is 1. The standard InChI is InChI=1S/C17H24N2O3/c20-17(18-11-15-7-4-10-21-15)13-19-9-8-16(12-19)22-14-5-2-1-3-6-14/h1-3,5-6,15-16H,4,7-13H2,(H,18,20)/t15-,16+/m1/s1. The van der Waals surface area contributed by atoms with Gasteiger partial charge in [-0.2, -0.15) is 0 Å². The summed E-state index contributed by atoms with van der Waals surface area (Å²) in [7, 11) is 0. The van der Waals surface area contributed by atoms with Gasteiger partial charge in [0.05, 0.1) is 12.6 Å². The van der Waals surface area contributed by atoms with E-state index in [0.717, 1.165) is 44.7 Å². The summed E-state index contributed by atoms with van der Waals surface area (Å²) in [5.74, 6) is 0.980. The van der Waals surface area contributed by atoms with Gasteiger partial charge in [-0.15, -0.1) is 0 Å². The van der Waals surface area contributed by atoms with Crippen LogP contribution in [0.4, 0.5) is 0 Å². The van der Waals surface area contributed by atoms with Gasteiger partial charge >= 0.3 is 0 Å². The average molecular weight is 304 g/mol. The average Bonchev–Trinajstić information content (AvgIpc) is 3.18. The normalized spacial score (nSPS) is 25.3. The van der Waals surface area contributed by atoms with Crippen molar-refractivity contribution in [3.8, 4) is 5.75 Å². The van der Waals surface area contributed by atoms with E-state index in [1.165, 1.54) is 0 Å². The number of rotatable bonds is 6. The maximum Gasteiger partial charge on any atom is 0.234 e. The van der Waals surface area contributed by atoms with Crippen LogP contribution in [0, 0.1) is 0 Å². The number of nitrogens with zero attached hydrogens (tertiary/aromatic N) is 1. The molecule has 1 aromatic carbocycles. The highest BCUT2D eigenvalue weighted by molar-refractivity contribution is 5.78. The Labute approximate surface area is 131 Å². The van der Waals surface area contributed by atoms with E-state index in [-0.39, 0.29) is 18.1 Å². The summed E-state index contributed by atoms with van der Waals surface area (Å²) >= 11 is 0. The first kappa shape index (κ1) is 15.3. The molecular formula is C17H24N2O3. The molecule has 0 radical (unpaired) electrons. The van der Waals surface area contributed by atoms with Crippen LogP contribution in [0.1, 0.15) is 19.3 Å². The zero-order valence-electron chi connectivity index (χ0n) is 12.9. The van der Waals surface area contributed by atoms with E-state index in [2.05, 4.69) is 10.2 Å². The van der Waals surface area contributed by atoms with Crippen LogP contribution >= 0.6 is 0 Å². The second-order valence-electron chi connectivity index (χ2n) is 6.02. The summed E-state index contributed by atoms with van der Waals surface area (Å²) in [5.41, 5.74) is 0. The van der Waals surface area contributed by atoms with Crippen LogP contribution in [0.25, 0.3) is 0 Å². The van der Waals surface area contributed by atoms with Gasteiger partial charge < -0.3 is 14.8 Å². The number of ether oxygens (including phenoxy) is 2. The first-order valence-electron chi connectivity index (χ1n) is 8.12. The largest absolute Gasteiger partial charge is 0.489 e. The minimum Gasteiger partial charge on any atom is -0.489 e. The highest BCUT2D eigenvalue weighted by atomic mass is 16.5. The molecule has 0 unspecified atom stereocenters. The van der Waals surface area contributed by atoms with Crippen molar-refractivity contribution < 1.29 is 14.3 Å². The number of carbonyl (C=O) groups excluding carboxylic acids is 1. The van der Waals surface area contributed by atoms with Crippen LogP contribution in [0.5, 0.6) is 5.75 Å². The van der Waals surface area contributed by atoms with Crippen molar-refractivity contribution in [3.63, 3.8) is 0 Å². The van der Waals surface area contributed by atoms with Gasteiger partial charge in [-0.05, 0) is 31.4 Å². The molecule has 2 aliphatic heterocycles. The molecule has 3 rings (SSSR count). The molecule has 0 spiro atoms. The van der Waals surface area contributed by atoms with Crippen molar-refractivity contribution in [1.82, 2.24) is 10.2 Å². The van der Waals surface area contributed by atoms with E-state index >= 15 is 0 Å². The Bertz CT molecular complexity index is 474. The maximum absolute atomic E-state index is 12.0. The molecule has 1 N–H and O–H groups in total. The van der Waals surface area contributed by atoms with Crippen LogP contribution in [-0.2, 0) is 9.53 Å². The fraction of sp³-hybridized carbons (Fsp3) is 0.588. The lowest BCUT2D eigenvalue weighted by molar-refractivity contribution is -0.122. The lowest BCUT2D eigenvalue weighted by atomic mass is 10.2. The molecule has 0 aliphatic carbocycles. The van der Waals surface area contributed by atoms with Gasteiger partial charge in [0.15, 0.2) is 0 Å². The number of benzene rings is 1. The molecule has 2 fully saturated rings. The number of hydrogen-bond acceptors (Lipinski definition) is 4. The van der Waals surface area contributed by atoms with Crippen molar-refractivity contribution in [2.24, 2.45) is 0 Å². The molecule has 0 bridgehead atoms. The number of carbonyl (C=O) groups is 1. The number of amides is 1. The van der Waals surface area contributed by atoms with Crippen LogP contribution in [0.15, 0.2) is 30.3 Å². The number of hydrogen-bond donors (Lipinski definition) is 1. The molecule has 0 saturated carbocycles. The third-order valence-electron chi connectivity index (χ3n) is 4.19. The molecule has 2 heterocycles. The Kier molecular flexibility index (Phi) is 5.29. The molecular weight excluding hydrogens is 280 g/mol. The molecule has 2 atom stereocenters. The number of likely N-dealkylation sites (tertiary alicyclic amines) is 1. The van der Waals surface area contributed by atoms with E-state index in [1.54, 1.807) is 0 Å². The van der Waals surface area contributed by atoms with E-state index in [0.29, 0.717) is 13.1 Å². The predicted octanol–water partition coefficient (Wildman–Crippen LogP) is 1.43. The van der Waals surface area contributed by atoms with Crippen LogP contribution in [0.3, 0.4) is 0 Å². The topological polar surface area (TPSA) is 50.8 Å². The first-order valence-corrected chi connectivity index (χ1v) is 8.12. The Morgan fingerprint density at radius 3 is 2.95 bits per heavy atom. The van der Waals surface area contributed by atoms with Gasteiger partial charge in [-0.3, -0.25) is 9.69 Å². The Morgan fingerprint density at radius 2 is 2.18 bits per heavy atom. The van der Waals surface area contributed by atoms with E-state index in [4.69, 9.17) is 9.47 Å². The van der Waals surface area contributed by atoms with Gasteiger partial charge in [-0.25, -0.2) is 0 Å². The van der Waals surface area contributed by atoms with Crippen molar-refractivity contribution in [1.29, 1.82) is 0 Å². The quantitative estimate of drug-likeness (QED) is 0.864. The highest BCUT2D eigenvalue weighted by Crippen LogP contribution is 2.17. The van der Waals surface area contributed by atoms with Crippen LogP contribution in [0.2, 0.25) is 0 Å². The summed E-state index contributed by atoms with van der Waals surface area (Å²) in [5, 5.41) is 2.97. The molecule has 0 aromatic heterocycles. The SMILES string of the molecule is O=C(CN1CC[C@H](Oc2ccccc2)C1)NC[C@H]1CCCO1. The molecule has 2 saturated heterocycles. The van der Waals surface area contributed by atoms with Crippen molar-refractivity contribution in [3.05, 3.63) is 30.3 Å². The fourth-order valence-corrected chi connectivity index (χ4v) is 3.02. The van der Waals surface area contributed by atoms with Gasteiger partial charge in [0.2, 0.25) is 5.91 Å². The van der Waals surface area contributed by atoms with Gasteiger partial charge in [0, 0.05) is 26.2 Å². The van der Waals surface area contributed by atoms with Crippen molar-refractivity contribution >= 4 is 5.91 Å². The summed E-state index contributed by atoms with van der Waals surface area (Å²) in [6.07, 6.45) is 3.50. The summed E-state index contributed by atoms with van der Waals surface area (Å²) in [4.78, 5) is 14.1. The molecule has 5 nitrogen and oxygen atoms in total.